The Labute approximate surface area is 232 Å². The minimum absolute atomic E-state index is 0.132. The van der Waals surface area contributed by atoms with Crippen molar-refractivity contribution >= 4 is 11.7 Å². The summed E-state index contributed by atoms with van der Waals surface area (Å²) in [4.78, 5) is 27.6. The largest absolute Gasteiger partial charge is 0.493 e. The van der Waals surface area contributed by atoms with Crippen LogP contribution in [0.4, 0.5) is 4.39 Å². The molecule has 1 saturated heterocycles. The highest BCUT2D eigenvalue weighted by molar-refractivity contribution is 6.10. The third kappa shape index (κ3) is 5.67. The second kappa shape index (κ2) is 12.7. The molecule has 1 fully saturated rings. The Morgan fingerprint density at radius 1 is 0.800 bits per heavy atom. The Morgan fingerprint density at radius 3 is 2.00 bits per heavy atom. The fourth-order valence-corrected chi connectivity index (χ4v) is 4.74. The molecule has 10 heteroatoms. The van der Waals surface area contributed by atoms with Crippen LogP contribution in [0.15, 0.2) is 54.6 Å². The number of rotatable bonds is 13. The summed E-state index contributed by atoms with van der Waals surface area (Å²) in [7, 11) is 7.45. The second-order valence-corrected chi connectivity index (χ2v) is 9.00. The summed E-state index contributed by atoms with van der Waals surface area (Å²) in [5, 5.41) is 0. The molecule has 0 bridgehead atoms. The number of ketones is 1. The molecule has 2 atom stereocenters. The van der Waals surface area contributed by atoms with Crippen molar-refractivity contribution in [1.82, 2.24) is 4.90 Å². The van der Waals surface area contributed by atoms with Crippen LogP contribution in [-0.2, 0) is 9.53 Å². The molecule has 40 heavy (non-hydrogen) atoms. The highest BCUT2D eigenvalue weighted by Gasteiger charge is 2.48. The lowest BCUT2D eigenvalue weighted by atomic mass is 9.90. The van der Waals surface area contributed by atoms with Gasteiger partial charge in [-0.2, -0.15) is 0 Å². The molecule has 4 rings (SSSR count). The monoisotopic (exact) mass is 553 g/mol. The average molecular weight is 554 g/mol. The summed E-state index contributed by atoms with van der Waals surface area (Å²) < 4.78 is 46.2. The first-order valence-electron chi connectivity index (χ1n) is 12.6. The highest BCUT2D eigenvalue weighted by Crippen LogP contribution is 2.40. The Balaban J connectivity index is 1.45. The predicted molar refractivity (Wildman–Crippen MR) is 144 cm³/mol. The number of carbonyl (C=O) groups is 2. The molecule has 0 unspecified atom stereocenters. The first kappa shape index (κ1) is 28.7. The van der Waals surface area contributed by atoms with E-state index < -0.39 is 6.10 Å². The van der Waals surface area contributed by atoms with Crippen molar-refractivity contribution in [3.8, 4) is 28.7 Å². The molecule has 1 amide bonds. The van der Waals surface area contributed by atoms with Crippen molar-refractivity contribution in [2.24, 2.45) is 0 Å². The number of nitrogens with zero attached hydrogens (tertiary/aromatic N) is 1. The van der Waals surface area contributed by atoms with E-state index >= 15 is 0 Å². The molecule has 1 aliphatic heterocycles. The molecule has 0 spiro atoms. The van der Waals surface area contributed by atoms with E-state index in [4.69, 9.17) is 28.4 Å². The zero-order valence-corrected chi connectivity index (χ0v) is 23.1. The number of hydrogen-bond acceptors (Lipinski definition) is 8. The van der Waals surface area contributed by atoms with E-state index in [9.17, 15) is 14.0 Å². The van der Waals surface area contributed by atoms with E-state index in [1.54, 1.807) is 47.4 Å². The molecule has 0 radical (unpaired) electrons. The number of β-lactam (4-membered cyclic amide) rings is 1. The zero-order chi connectivity index (χ0) is 28.8. The maximum absolute atomic E-state index is 13.4. The maximum atomic E-state index is 13.4. The number of hydrogen-bond donors (Lipinski definition) is 0. The van der Waals surface area contributed by atoms with Gasteiger partial charge in [0.2, 0.25) is 5.75 Å². The van der Waals surface area contributed by atoms with Crippen LogP contribution >= 0.6 is 0 Å². The van der Waals surface area contributed by atoms with Gasteiger partial charge in [0.05, 0.1) is 41.1 Å². The molecule has 1 aliphatic rings. The van der Waals surface area contributed by atoms with Crippen molar-refractivity contribution in [3.05, 3.63) is 77.1 Å². The fourth-order valence-electron chi connectivity index (χ4n) is 4.74. The summed E-state index contributed by atoms with van der Waals surface area (Å²) >= 11 is 0. The summed E-state index contributed by atoms with van der Waals surface area (Å²) in [6, 6.07) is 13.8. The van der Waals surface area contributed by atoms with E-state index in [1.807, 2.05) is 0 Å². The Bertz CT molecular complexity index is 1340. The Kier molecular flexibility index (Phi) is 9.11. The minimum atomic E-state index is -0.607. The second-order valence-electron chi connectivity index (χ2n) is 9.00. The number of methoxy groups -OCH3 is 5. The minimum Gasteiger partial charge on any atom is -0.493 e. The fraction of sp³-hybridized carbons (Fsp3) is 0.333. The first-order chi connectivity index (χ1) is 19.4. The van der Waals surface area contributed by atoms with Crippen LogP contribution in [0.25, 0.3) is 0 Å². The van der Waals surface area contributed by atoms with Gasteiger partial charge in [0.15, 0.2) is 34.9 Å². The molecule has 3 aromatic carbocycles. The number of halogens is 1. The van der Waals surface area contributed by atoms with Crippen LogP contribution in [0.2, 0.25) is 0 Å². The number of amides is 1. The molecule has 0 aromatic heterocycles. The van der Waals surface area contributed by atoms with Gasteiger partial charge in [-0.25, -0.2) is 4.39 Å². The molecular formula is C30H32FNO8. The van der Waals surface area contributed by atoms with Crippen molar-refractivity contribution in [2.45, 2.75) is 18.6 Å². The normalized spacial score (nSPS) is 16.2. The zero-order valence-electron chi connectivity index (χ0n) is 23.1. The van der Waals surface area contributed by atoms with Gasteiger partial charge in [-0.05, 0) is 54.4 Å². The summed E-state index contributed by atoms with van der Waals surface area (Å²) in [5.41, 5.74) is 1.53. The van der Waals surface area contributed by atoms with Crippen LogP contribution in [0.3, 0.4) is 0 Å². The molecule has 9 nitrogen and oxygen atoms in total. The topological polar surface area (TPSA) is 92.8 Å². The van der Waals surface area contributed by atoms with E-state index in [-0.39, 0.29) is 30.2 Å². The lowest BCUT2D eigenvalue weighted by Crippen LogP contribution is -2.59. The highest BCUT2D eigenvalue weighted by atomic mass is 19.1. The van der Waals surface area contributed by atoms with Gasteiger partial charge < -0.3 is 33.3 Å². The van der Waals surface area contributed by atoms with Crippen LogP contribution in [0.5, 0.6) is 28.7 Å². The third-order valence-corrected chi connectivity index (χ3v) is 6.77. The first-order valence-corrected chi connectivity index (χ1v) is 12.6. The van der Waals surface area contributed by atoms with Gasteiger partial charge in [0.25, 0.3) is 5.91 Å². The van der Waals surface area contributed by atoms with Crippen molar-refractivity contribution in [3.63, 3.8) is 0 Å². The lowest BCUT2D eigenvalue weighted by molar-refractivity contribution is -0.171. The van der Waals surface area contributed by atoms with Gasteiger partial charge in [-0.1, -0.05) is 12.1 Å². The van der Waals surface area contributed by atoms with Gasteiger partial charge >= 0.3 is 0 Å². The van der Waals surface area contributed by atoms with Crippen molar-refractivity contribution in [1.29, 1.82) is 0 Å². The molecule has 0 saturated carbocycles. The molecule has 212 valence electrons. The lowest BCUT2D eigenvalue weighted by Gasteiger charge is -2.46. The number of likely N-dealkylation sites (tertiary alicyclic amines) is 1. The van der Waals surface area contributed by atoms with Gasteiger partial charge in [0, 0.05) is 24.8 Å². The Hall–Kier alpha value is -4.31. The van der Waals surface area contributed by atoms with Crippen LogP contribution in [0, 0.1) is 5.82 Å². The SMILES string of the molecule is COc1ccc(C(=O)c2cc(OC)c(OC)c(OC)c2)cc1OCCCN1C(=O)[C@H](OC)[C@@H]1c1ccc(F)cc1. The van der Waals surface area contributed by atoms with Crippen LogP contribution in [0.1, 0.15) is 33.9 Å². The van der Waals surface area contributed by atoms with Crippen molar-refractivity contribution in [2.75, 3.05) is 48.7 Å². The number of carbonyl (C=O) groups excluding carboxylic acids is 2. The summed E-state index contributed by atoms with van der Waals surface area (Å²) in [6.45, 7) is 0.670. The average Bonchev–Trinajstić information content (AvgIpc) is 2.98. The quantitative estimate of drug-likeness (QED) is 0.174. The van der Waals surface area contributed by atoms with Crippen molar-refractivity contribution < 1.29 is 42.4 Å². The van der Waals surface area contributed by atoms with E-state index in [0.717, 1.165) is 5.56 Å². The van der Waals surface area contributed by atoms with E-state index in [1.165, 1.54) is 47.7 Å². The third-order valence-electron chi connectivity index (χ3n) is 6.77. The molecular weight excluding hydrogens is 521 g/mol. The Morgan fingerprint density at radius 2 is 1.43 bits per heavy atom. The molecule has 0 N–H and O–H groups in total. The maximum Gasteiger partial charge on any atom is 0.254 e. The summed E-state index contributed by atoms with van der Waals surface area (Å²) in [6.07, 6.45) is -0.0991. The van der Waals surface area contributed by atoms with Gasteiger partial charge in [-0.15, -0.1) is 0 Å². The molecule has 1 heterocycles. The predicted octanol–water partition coefficient (Wildman–Crippen LogP) is 4.46. The standard InChI is InChI=1S/C30H32FNO8/c1-35-22-12-9-19(27(33)20-16-24(36-2)28(38-4)25(17-20)37-3)15-23(22)40-14-6-13-32-26(29(39-5)30(32)34)18-7-10-21(31)11-8-18/h7-12,15-17,26,29H,6,13-14H2,1-5H3/t26-,29+/m0/s1. The number of benzene rings is 3. The summed E-state index contributed by atoms with van der Waals surface area (Å²) in [5.74, 6) is 1.22. The van der Waals surface area contributed by atoms with Crippen LogP contribution < -0.4 is 23.7 Å². The van der Waals surface area contributed by atoms with E-state index in [0.29, 0.717) is 52.8 Å². The van der Waals surface area contributed by atoms with Crippen LogP contribution in [-0.4, -0.2) is 71.4 Å². The van der Waals surface area contributed by atoms with Gasteiger partial charge in [0.1, 0.15) is 5.82 Å². The number of ether oxygens (including phenoxy) is 6. The molecule has 3 aromatic rings. The van der Waals surface area contributed by atoms with E-state index in [2.05, 4.69) is 0 Å². The molecule has 0 aliphatic carbocycles. The van der Waals surface area contributed by atoms with Gasteiger partial charge in [-0.3, -0.25) is 9.59 Å². The smallest absolute Gasteiger partial charge is 0.254 e.